The third-order valence-electron chi connectivity index (χ3n) is 3.07. The summed E-state index contributed by atoms with van der Waals surface area (Å²) < 4.78 is 10.8. The lowest BCUT2D eigenvalue weighted by atomic mass is 10.2. The summed E-state index contributed by atoms with van der Waals surface area (Å²) in [5, 5.41) is 5.83. The van der Waals surface area contributed by atoms with E-state index in [0.717, 1.165) is 11.4 Å². The molecule has 126 valence electrons. The van der Waals surface area contributed by atoms with Gasteiger partial charge in [0.25, 0.3) is 5.91 Å². The van der Waals surface area contributed by atoms with E-state index in [1.807, 2.05) is 32.0 Å². The Morgan fingerprint density at radius 2 is 1.75 bits per heavy atom. The minimum absolute atomic E-state index is 0.0247. The number of amides is 1. The van der Waals surface area contributed by atoms with Crippen LogP contribution in [0.15, 0.2) is 48.5 Å². The van der Waals surface area contributed by atoms with Crippen molar-refractivity contribution < 1.29 is 14.3 Å². The lowest BCUT2D eigenvalue weighted by molar-refractivity contribution is 0.0972. The van der Waals surface area contributed by atoms with Crippen molar-refractivity contribution in [3.63, 3.8) is 0 Å². The molecule has 0 aromatic heterocycles. The average Bonchev–Trinajstić information content (AvgIpc) is 2.55. The summed E-state index contributed by atoms with van der Waals surface area (Å²) in [5.74, 6) is 0.949. The van der Waals surface area contributed by atoms with Gasteiger partial charge in [-0.05, 0) is 62.5 Å². The Hall–Kier alpha value is -2.60. The number of thiocarbonyl (C=S) groups is 1. The number of carbonyl (C=O) groups is 1. The SMILES string of the molecule is COc1ccc(NC(=S)NC(=O)c2ccccc2OC(C)C)cc1. The standard InChI is InChI=1S/C18H20N2O3S/c1-12(2)23-16-7-5-4-6-15(16)17(21)20-18(24)19-13-8-10-14(22-3)11-9-13/h4-12H,1-3H3,(H2,19,20,21,24). The molecule has 0 radical (unpaired) electrons. The molecule has 0 heterocycles. The average molecular weight is 344 g/mol. The van der Waals surface area contributed by atoms with Crippen LogP contribution in [0.1, 0.15) is 24.2 Å². The van der Waals surface area contributed by atoms with Crippen molar-refractivity contribution in [2.45, 2.75) is 20.0 Å². The van der Waals surface area contributed by atoms with E-state index in [0.29, 0.717) is 11.3 Å². The number of benzene rings is 2. The van der Waals surface area contributed by atoms with Gasteiger partial charge in [-0.3, -0.25) is 10.1 Å². The highest BCUT2D eigenvalue weighted by Crippen LogP contribution is 2.19. The minimum Gasteiger partial charge on any atom is -0.497 e. The highest BCUT2D eigenvalue weighted by molar-refractivity contribution is 7.80. The second-order valence-corrected chi connectivity index (χ2v) is 5.71. The Balaban J connectivity index is 2.02. The molecule has 24 heavy (non-hydrogen) atoms. The normalized spacial score (nSPS) is 10.2. The van der Waals surface area contributed by atoms with Crippen molar-refractivity contribution in [2.24, 2.45) is 0 Å². The van der Waals surface area contributed by atoms with Crippen LogP contribution in [0.3, 0.4) is 0 Å². The lowest BCUT2D eigenvalue weighted by Gasteiger charge is -2.15. The van der Waals surface area contributed by atoms with Crippen LogP contribution >= 0.6 is 12.2 Å². The van der Waals surface area contributed by atoms with Gasteiger partial charge >= 0.3 is 0 Å². The molecule has 6 heteroatoms. The number of ether oxygens (including phenoxy) is 2. The molecule has 0 aliphatic heterocycles. The van der Waals surface area contributed by atoms with Crippen molar-refractivity contribution >= 4 is 28.9 Å². The van der Waals surface area contributed by atoms with Crippen LogP contribution in [0.5, 0.6) is 11.5 Å². The molecule has 2 aromatic carbocycles. The van der Waals surface area contributed by atoms with Crippen LogP contribution in [0, 0.1) is 0 Å². The first kappa shape index (κ1) is 17.7. The molecule has 0 atom stereocenters. The molecule has 0 saturated heterocycles. The molecule has 0 aliphatic rings. The number of para-hydroxylation sites is 1. The van der Waals surface area contributed by atoms with Crippen LogP contribution in [-0.2, 0) is 0 Å². The quantitative estimate of drug-likeness (QED) is 0.812. The van der Waals surface area contributed by atoms with E-state index in [1.165, 1.54) is 0 Å². The number of rotatable bonds is 5. The van der Waals surface area contributed by atoms with Gasteiger partial charge in [-0.2, -0.15) is 0 Å². The van der Waals surface area contributed by atoms with Gasteiger partial charge in [-0.15, -0.1) is 0 Å². The fourth-order valence-electron chi connectivity index (χ4n) is 2.02. The number of hydrogen-bond acceptors (Lipinski definition) is 4. The molecule has 0 spiro atoms. The van der Waals surface area contributed by atoms with Crippen LogP contribution in [0.25, 0.3) is 0 Å². The molecule has 2 rings (SSSR count). The second kappa shape index (κ2) is 8.31. The smallest absolute Gasteiger partial charge is 0.261 e. The second-order valence-electron chi connectivity index (χ2n) is 5.30. The molecule has 2 N–H and O–H groups in total. The van der Waals surface area contributed by atoms with Gasteiger partial charge in [-0.1, -0.05) is 12.1 Å². The maximum atomic E-state index is 12.4. The van der Waals surface area contributed by atoms with E-state index in [-0.39, 0.29) is 17.1 Å². The van der Waals surface area contributed by atoms with E-state index in [4.69, 9.17) is 21.7 Å². The summed E-state index contributed by atoms with van der Waals surface area (Å²) in [4.78, 5) is 12.4. The lowest BCUT2D eigenvalue weighted by Crippen LogP contribution is -2.34. The Morgan fingerprint density at radius 3 is 2.38 bits per heavy atom. The topological polar surface area (TPSA) is 59.6 Å². The number of carbonyl (C=O) groups excluding carboxylic acids is 1. The zero-order valence-corrected chi connectivity index (χ0v) is 14.6. The zero-order valence-electron chi connectivity index (χ0n) is 13.8. The molecule has 0 aliphatic carbocycles. The summed E-state index contributed by atoms with van der Waals surface area (Å²) >= 11 is 5.19. The number of methoxy groups -OCH3 is 1. The van der Waals surface area contributed by atoms with Crippen LogP contribution in [-0.4, -0.2) is 24.2 Å². The van der Waals surface area contributed by atoms with Crippen molar-refractivity contribution in [3.8, 4) is 11.5 Å². The van der Waals surface area contributed by atoms with Gasteiger partial charge in [0.15, 0.2) is 5.11 Å². The third-order valence-corrected chi connectivity index (χ3v) is 3.27. The van der Waals surface area contributed by atoms with Crippen molar-refractivity contribution in [3.05, 3.63) is 54.1 Å². The molecule has 0 saturated carbocycles. The van der Waals surface area contributed by atoms with Crippen LogP contribution in [0.4, 0.5) is 5.69 Å². The number of anilines is 1. The number of hydrogen-bond donors (Lipinski definition) is 2. The summed E-state index contributed by atoms with van der Waals surface area (Å²) in [6.07, 6.45) is -0.0247. The molecule has 1 amide bonds. The molecule has 2 aromatic rings. The van der Waals surface area contributed by atoms with Crippen LogP contribution < -0.4 is 20.1 Å². The van der Waals surface area contributed by atoms with E-state index in [2.05, 4.69) is 10.6 Å². The molecule has 0 fully saturated rings. The largest absolute Gasteiger partial charge is 0.497 e. The van der Waals surface area contributed by atoms with Gasteiger partial charge in [-0.25, -0.2) is 0 Å². The van der Waals surface area contributed by atoms with Gasteiger partial charge in [0.1, 0.15) is 11.5 Å². The van der Waals surface area contributed by atoms with E-state index < -0.39 is 0 Å². The summed E-state index contributed by atoms with van der Waals surface area (Å²) in [6.45, 7) is 3.81. The fourth-order valence-corrected chi connectivity index (χ4v) is 2.23. The first-order valence-electron chi connectivity index (χ1n) is 7.51. The maximum absolute atomic E-state index is 12.4. The predicted molar refractivity (Wildman–Crippen MR) is 98.9 cm³/mol. The fraction of sp³-hybridized carbons (Fsp3) is 0.222. The van der Waals surface area contributed by atoms with E-state index >= 15 is 0 Å². The molecule has 0 bridgehead atoms. The first-order valence-corrected chi connectivity index (χ1v) is 7.92. The van der Waals surface area contributed by atoms with Gasteiger partial charge in [0.05, 0.1) is 18.8 Å². The van der Waals surface area contributed by atoms with Gasteiger partial charge in [0, 0.05) is 5.69 Å². The Morgan fingerprint density at radius 1 is 1.08 bits per heavy atom. The Labute approximate surface area is 147 Å². The minimum atomic E-state index is -0.322. The monoisotopic (exact) mass is 344 g/mol. The summed E-state index contributed by atoms with van der Waals surface area (Å²) in [5.41, 5.74) is 1.19. The van der Waals surface area contributed by atoms with E-state index in [9.17, 15) is 4.79 Å². The van der Waals surface area contributed by atoms with E-state index in [1.54, 1.807) is 37.4 Å². The Kier molecular flexibility index (Phi) is 6.14. The zero-order chi connectivity index (χ0) is 17.5. The highest BCUT2D eigenvalue weighted by atomic mass is 32.1. The van der Waals surface area contributed by atoms with Crippen molar-refractivity contribution in [1.29, 1.82) is 0 Å². The number of nitrogens with one attached hydrogen (secondary N) is 2. The summed E-state index contributed by atoms with van der Waals surface area (Å²) in [6, 6.07) is 14.3. The predicted octanol–water partition coefficient (Wildman–Crippen LogP) is 3.61. The van der Waals surface area contributed by atoms with Gasteiger partial charge < -0.3 is 14.8 Å². The first-order chi connectivity index (χ1) is 11.5. The highest BCUT2D eigenvalue weighted by Gasteiger charge is 2.14. The van der Waals surface area contributed by atoms with Crippen molar-refractivity contribution in [1.82, 2.24) is 5.32 Å². The maximum Gasteiger partial charge on any atom is 0.261 e. The summed E-state index contributed by atoms with van der Waals surface area (Å²) in [7, 11) is 1.60. The molecule has 0 unspecified atom stereocenters. The molecular formula is C18H20N2O3S. The third kappa shape index (κ3) is 4.96. The Bertz CT molecular complexity index is 714. The van der Waals surface area contributed by atoms with Gasteiger partial charge in [0.2, 0.25) is 0 Å². The van der Waals surface area contributed by atoms with Crippen LogP contribution in [0.2, 0.25) is 0 Å². The van der Waals surface area contributed by atoms with Crippen molar-refractivity contribution in [2.75, 3.05) is 12.4 Å². The molecular weight excluding hydrogens is 324 g/mol. The molecule has 5 nitrogen and oxygen atoms in total.